The van der Waals surface area contributed by atoms with Crippen molar-refractivity contribution < 1.29 is 4.79 Å². The van der Waals surface area contributed by atoms with Crippen LogP contribution in [0.3, 0.4) is 0 Å². The minimum Gasteiger partial charge on any atom is -0.335 e. The molecule has 1 aromatic rings. The van der Waals surface area contributed by atoms with E-state index < -0.39 is 0 Å². The molecule has 1 aromatic carbocycles. The van der Waals surface area contributed by atoms with Gasteiger partial charge in [0.2, 0.25) is 0 Å². The highest BCUT2D eigenvalue weighted by Crippen LogP contribution is 2.16. The van der Waals surface area contributed by atoms with E-state index in [1.54, 1.807) is 0 Å². The lowest BCUT2D eigenvalue weighted by Gasteiger charge is -2.33. The number of rotatable bonds is 5. The summed E-state index contributed by atoms with van der Waals surface area (Å²) in [6.07, 6.45) is 2.03. The molecule has 1 saturated heterocycles. The Balaban J connectivity index is 1.75. The van der Waals surface area contributed by atoms with Gasteiger partial charge in [-0.15, -0.1) is 0 Å². The van der Waals surface area contributed by atoms with Crippen molar-refractivity contribution in [3.63, 3.8) is 0 Å². The maximum absolute atomic E-state index is 12.1. The SMILES string of the molecule is CCN(CC)C(=O)NC1CCN(Cc2ccc(Cl)cc2)CC1. The summed E-state index contributed by atoms with van der Waals surface area (Å²) < 4.78 is 0. The van der Waals surface area contributed by atoms with E-state index in [0.29, 0.717) is 6.04 Å². The molecule has 0 radical (unpaired) electrons. The molecule has 2 amide bonds. The molecule has 0 spiro atoms. The molecule has 1 aliphatic rings. The van der Waals surface area contributed by atoms with Gasteiger partial charge in [0.1, 0.15) is 0 Å². The van der Waals surface area contributed by atoms with E-state index in [9.17, 15) is 4.79 Å². The van der Waals surface area contributed by atoms with Crippen LogP contribution in [0.2, 0.25) is 5.02 Å². The van der Waals surface area contributed by atoms with Crippen molar-refractivity contribution >= 4 is 17.6 Å². The Bertz CT molecular complexity index is 465. The number of benzene rings is 1. The second-order valence-electron chi connectivity index (χ2n) is 5.80. The lowest BCUT2D eigenvalue weighted by Crippen LogP contribution is -2.49. The third kappa shape index (κ3) is 4.89. The average molecular weight is 324 g/mol. The predicted octanol–water partition coefficient (Wildman–Crippen LogP) is 3.36. The maximum Gasteiger partial charge on any atom is 0.317 e. The second kappa shape index (κ2) is 8.39. The normalized spacial score (nSPS) is 16.5. The summed E-state index contributed by atoms with van der Waals surface area (Å²) in [4.78, 5) is 16.3. The van der Waals surface area contributed by atoms with Crippen LogP contribution in [0, 0.1) is 0 Å². The minimum atomic E-state index is 0.0705. The Morgan fingerprint density at radius 1 is 1.23 bits per heavy atom. The molecule has 2 rings (SSSR count). The number of amides is 2. The number of urea groups is 1. The number of halogens is 1. The Kier molecular flexibility index (Phi) is 6.52. The first-order valence-electron chi connectivity index (χ1n) is 8.14. The lowest BCUT2D eigenvalue weighted by molar-refractivity contribution is 0.171. The molecule has 4 nitrogen and oxygen atoms in total. The van der Waals surface area contributed by atoms with Gasteiger partial charge < -0.3 is 10.2 Å². The Morgan fingerprint density at radius 2 is 1.82 bits per heavy atom. The molecule has 0 bridgehead atoms. The minimum absolute atomic E-state index is 0.0705. The van der Waals surface area contributed by atoms with Gasteiger partial charge in [-0.05, 0) is 44.4 Å². The highest BCUT2D eigenvalue weighted by Gasteiger charge is 2.22. The fourth-order valence-electron chi connectivity index (χ4n) is 2.86. The molecule has 1 fully saturated rings. The summed E-state index contributed by atoms with van der Waals surface area (Å²) in [5.41, 5.74) is 1.29. The highest BCUT2D eigenvalue weighted by molar-refractivity contribution is 6.30. The van der Waals surface area contributed by atoms with Crippen molar-refractivity contribution in [2.45, 2.75) is 39.3 Å². The quantitative estimate of drug-likeness (QED) is 0.902. The van der Waals surface area contributed by atoms with Gasteiger partial charge in [-0.1, -0.05) is 23.7 Å². The monoisotopic (exact) mass is 323 g/mol. The van der Waals surface area contributed by atoms with E-state index in [0.717, 1.165) is 50.6 Å². The van der Waals surface area contributed by atoms with Crippen LogP contribution in [0.25, 0.3) is 0 Å². The molecular weight excluding hydrogens is 298 g/mol. The zero-order valence-corrected chi connectivity index (χ0v) is 14.3. The highest BCUT2D eigenvalue weighted by atomic mass is 35.5. The van der Waals surface area contributed by atoms with Crippen molar-refractivity contribution in [1.82, 2.24) is 15.1 Å². The Hall–Kier alpha value is -1.26. The van der Waals surface area contributed by atoms with Crippen LogP contribution in [0.5, 0.6) is 0 Å². The van der Waals surface area contributed by atoms with Gasteiger partial charge in [0.15, 0.2) is 0 Å². The Labute approximate surface area is 138 Å². The van der Waals surface area contributed by atoms with E-state index in [2.05, 4.69) is 22.3 Å². The van der Waals surface area contributed by atoms with Gasteiger partial charge >= 0.3 is 6.03 Å². The molecule has 0 atom stereocenters. The largest absolute Gasteiger partial charge is 0.335 e. The van der Waals surface area contributed by atoms with Gasteiger partial charge in [-0.25, -0.2) is 4.79 Å². The lowest BCUT2D eigenvalue weighted by atomic mass is 10.0. The fourth-order valence-corrected chi connectivity index (χ4v) is 2.99. The molecule has 1 N–H and O–H groups in total. The van der Waals surface area contributed by atoms with Crippen LogP contribution in [-0.4, -0.2) is 48.1 Å². The smallest absolute Gasteiger partial charge is 0.317 e. The van der Waals surface area contributed by atoms with Crippen LogP contribution >= 0.6 is 11.6 Å². The van der Waals surface area contributed by atoms with Gasteiger partial charge in [0.05, 0.1) is 0 Å². The van der Waals surface area contributed by atoms with Crippen LogP contribution in [0.15, 0.2) is 24.3 Å². The standard InChI is InChI=1S/C17H26ClN3O/c1-3-21(4-2)17(22)19-16-9-11-20(12-10-16)13-14-5-7-15(18)8-6-14/h5-8,16H,3-4,9-13H2,1-2H3,(H,19,22). The van der Waals surface area contributed by atoms with Crippen LogP contribution in [-0.2, 0) is 6.54 Å². The summed E-state index contributed by atoms with van der Waals surface area (Å²) in [6, 6.07) is 8.41. The summed E-state index contributed by atoms with van der Waals surface area (Å²) in [5.74, 6) is 0. The molecule has 0 aliphatic carbocycles. The van der Waals surface area contributed by atoms with Crippen LogP contribution in [0.1, 0.15) is 32.3 Å². The van der Waals surface area contributed by atoms with Crippen molar-refractivity contribution in [2.75, 3.05) is 26.2 Å². The van der Waals surface area contributed by atoms with Gasteiger partial charge in [0, 0.05) is 43.8 Å². The van der Waals surface area contributed by atoms with Crippen molar-refractivity contribution in [3.05, 3.63) is 34.9 Å². The number of carbonyl (C=O) groups excluding carboxylic acids is 1. The first kappa shape index (κ1) is 17.1. The number of carbonyl (C=O) groups is 1. The van der Waals surface area contributed by atoms with Gasteiger partial charge in [0.25, 0.3) is 0 Å². The first-order chi connectivity index (χ1) is 10.6. The molecule has 1 heterocycles. The molecule has 0 unspecified atom stereocenters. The number of nitrogens with zero attached hydrogens (tertiary/aromatic N) is 2. The molecule has 1 aliphatic heterocycles. The maximum atomic E-state index is 12.1. The summed E-state index contributed by atoms with van der Waals surface area (Å²) in [7, 11) is 0. The van der Waals surface area contributed by atoms with Crippen LogP contribution < -0.4 is 5.32 Å². The first-order valence-corrected chi connectivity index (χ1v) is 8.52. The number of piperidine rings is 1. The number of nitrogens with one attached hydrogen (secondary N) is 1. The molecule has 22 heavy (non-hydrogen) atoms. The van der Waals surface area contributed by atoms with E-state index in [1.165, 1.54) is 5.56 Å². The zero-order valence-electron chi connectivity index (χ0n) is 13.5. The zero-order chi connectivity index (χ0) is 15.9. The summed E-state index contributed by atoms with van der Waals surface area (Å²) >= 11 is 5.91. The van der Waals surface area contributed by atoms with Crippen molar-refractivity contribution in [3.8, 4) is 0 Å². The summed E-state index contributed by atoms with van der Waals surface area (Å²) in [6.45, 7) is 8.54. The van der Waals surface area contributed by atoms with Gasteiger partial charge in [-0.3, -0.25) is 4.90 Å². The van der Waals surface area contributed by atoms with Crippen molar-refractivity contribution in [2.24, 2.45) is 0 Å². The third-order valence-corrected chi connectivity index (χ3v) is 4.54. The number of hydrogen-bond donors (Lipinski definition) is 1. The Morgan fingerprint density at radius 3 is 2.36 bits per heavy atom. The predicted molar refractivity (Wildman–Crippen MR) is 91.2 cm³/mol. The average Bonchev–Trinajstić information content (AvgIpc) is 2.53. The van der Waals surface area contributed by atoms with E-state index in [4.69, 9.17) is 11.6 Å². The number of likely N-dealkylation sites (tertiary alicyclic amines) is 1. The van der Waals surface area contributed by atoms with E-state index in [-0.39, 0.29) is 6.03 Å². The van der Waals surface area contributed by atoms with Crippen molar-refractivity contribution in [1.29, 1.82) is 0 Å². The van der Waals surface area contributed by atoms with Crippen LogP contribution in [0.4, 0.5) is 4.79 Å². The molecule has 0 saturated carbocycles. The molecule has 122 valence electrons. The number of hydrogen-bond acceptors (Lipinski definition) is 2. The molecule has 0 aromatic heterocycles. The van der Waals surface area contributed by atoms with E-state index in [1.807, 2.05) is 30.9 Å². The van der Waals surface area contributed by atoms with Gasteiger partial charge in [-0.2, -0.15) is 0 Å². The second-order valence-corrected chi connectivity index (χ2v) is 6.24. The fraction of sp³-hybridized carbons (Fsp3) is 0.588. The topological polar surface area (TPSA) is 35.6 Å². The van der Waals surface area contributed by atoms with E-state index >= 15 is 0 Å². The third-order valence-electron chi connectivity index (χ3n) is 4.29. The molecule has 5 heteroatoms. The summed E-state index contributed by atoms with van der Waals surface area (Å²) in [5, 5.41) is 3.93. The molecular formula is C17H26ClN3O.